The Morgan fingerprint density at radius 1 is 1.33 bits per heavy atom. The molecule has 1 aliphatic rings. The lowest BCUT2D eigenvalue weighted by Crippen LogP contribution is -2.61. The molecule has 0 amide bonds. The Labute approximate surface area is 134 Å². The van der Waals surface area contributed by atoms with Crippen LogP contribution < -0.4 is 5.32 Å². The van der Waals surface area contributed by atoms with Crippen molar-refractivity contribution in [2.24, 2.45) is 11.3 Å². The van der Waals surface area contributed by atoms with Crippen molar-refractivity contribution in [1.82, 2.24) is 10.2 Å². The van der Waals surface area contributed by atoms with Crippen molar-refractivity contribution >= 4 is 11.3 Å². The van der Waals surface area contributed by atoms with Crippen LogP contribution in [-0.2, 0) is 6.54 Å². The van der Waals surface area contributed by atoms with Gasteiger partial charge in [0.25, 0.3) is 0 Å². The normalized spacial score (nSPS) is 24.8. The molecule has 1 N–H and O–H groups in total. The number of thiophene rings is 1. The molecule has 2 rings (SSSR count). The summed E-state index contributed by atoms with van der Waals surface area (Å²) in [6.07, 6.45) is 0. The highest BCUT2D eigenvalue weighted by Crippen LogP contribution is 2.29. The fraction of sp³-hybridized carbons (Fsp3) is 0.778. The quantitative estimate of drug-likeness (QED) is 0.900. The van der Waals surface area contributed by atoms with Gasteiger partial charge in [-0.3, -0.25) is 4.90 Å². The second-order valence-electron chi connectivity index (χ2n) is 8.02. The van der Waals surface area contributed by atoms with Gasteiger partial charge in [-0.2, -0.15) is 0 Å². The van der Waals surface area contributed by atoms with Crippen LogP contribution in [0.4, 0.5) is 0 Å². The van der Waals surface area contributed by atoms with Gasteiger partial charge in [0.2, 0.25) is 0 Å². The highest BCUT2D eigenvalue weighted by molar-refractivity contribution is 7.12. The van der Waals surface area contributed by atoms with E-state index in [4.69, 9.17) is 0 Å². The van der Waals surface area contributed by atoms with Gasteiger partial charge in [-0.1, -0.05) is 34.6 Å². The van der Waals surface area contributed by atoms with Gasteiger partial charge in [-0.05, 0) is 36.8 Å². The first-order valence-corrected chi connectivity index (χ1v) is 9.03. The maximum Gasteiger partial charge on any atom is 0.0332 e. The summed E-state index contributed by atoms with van der Waals surface area (Å²) >= 11 is 1.97. The fourth-order valence-corrected chi connectivity index (χ4v) is 4.25. The SMILES string of the molecule is Cc1cc(CN2CC(C(C)(C)C)NCC2C(C)C)sc1C. The number of hydrogen-bond donors (Lipinski definition) is 1. The lowest BCUT2D eigenvalue weighted by molar-refractivity contribution is 0.0580. The van der Waals surface area contributed by atoms with E-state index < -0.39 is 0 Å². The van der Waals surface area contributed by atoms with E-state index in [0.717, 1.165) is 19.6 Å². The summed E-state index contributed by atoms with van der Waals surface area (Å²) in [6.45, 7) is 19.6. The highest BCUT2D eigenvalue weighted by atomic mass is 32.1. The predicted molar refractivity (Wildman–Crippen MR) is 94.1 cm³/mol. The molecule has 2 heterocycles. The third-order valence-corrected chi connectivity index (χ3v) is 5.99. The Balaban J connectivity index is 2.14. The molecule has 3 heteroatoms. The number of rotatable bonds is 3. The third-order valence-electron chi connectivity index (χ3n) is 4.85. The van der Waals surface area contributed by atoms with Crippen LogP contribution in [0.25, 0.3) is 0 Å². The molecule has 0 spiro atoms. The minimum absolute atomic E-state index is 0.321. The van der Waals surface area contributed by atoms with Gasteiger partial charge in [0.05, 0.1) is 0 Å². The van der Waals surface area contributed by atoms with Crippen LogP contribution in [-0.4, -0.2) is 30.1 Å². The molecule has 2 atom stereocenters. The first-order valence-electron chi connectivity index (χ1n) is 8.22. The molecule has 0 aliphatic carbocycles. The molecular weight excluding hydrogens is 276 g/mol. The van der Waals surface area contributed by atoms with E-state index in [-0.39, 0.29) is 0 Å². The van der Waals surface area contributed by atoms with Crippen LogP contribution in [0, 0.1) is 25.2 Å². The predicted octanol–water partition coefficient (Wildman–Crippen LogP) is 4.21. The molecule has 2 nitrogen and oxygen atoms in total. The molecule has 1 aromatic rings. The second-order valence-corrected chi connectivity index (χ2v) is 9.36. The number of nitrogens with one attached hydrogen (secondary N) is 1. The topological polar surface area (TPSA) is 15.3 Å². The lowest BCUT2D eigenvalue weighted by atomic mass is 9.83. The molecule has 1 aliphatic heterocycles. The minimum Gasteiger partial charge on any atom is -0.311 e. The van der Waals surface area contributed by atoms with E-state index in [1.807, 2.05) is 11.3 Å². The van der Waals surface area contributed by atoms with E-state index in [1.165, 1.54) is 15.3 Å². The molecule has 1 fully saturated rings. The Kier molecular flexibility index (Phi) is 5.17. The lowest BCUT2D eigenvalue weighted by Gasteiger charge is -2.46. The van der Waals surface area contributed by atoms with Crippen molar-refractivity contribution in [2.75, 3.05) is 13.1 Å². The Morgan fingerprint density at radius 2 is 2.00 bits per heavy atom. The molecule has 1 saturated heterocycles. The zero-order valence-corrected chi connectivity index (χ0v) is 15.6. The van der Waals surface area contributed by atoms with Crippen molar-refractivity contribution in [3.63, 3.8) is 0 Å². The summed E-state index contributed by atoms with van der Waals surface area (Å²) in [7, 11) is 0. The summed E-state index contributed by atoms with van der Waals surface area (Å²) in [6, 6.07) is 3.60. The number of piperazine rings is 1. The average molecular weight is 309 g/mol. The average Bonchev–Trinajstić information content (AvgIpc) is 2.66. The van der Waals surface area contributed by atoms with Crippen LogP contribution in [0.15, 0.2) is 6.07 Å². The summed E-state index contributed by atoms with van der Waals surface area (Å²) in [5.41, 5.74) is 1.76. The van der Waals surface area contributed by atoms with E-state index in [1.54, 1.807) is 0 Å². The molecule has 120 valence electrons. The van der Waals surface area contributed by atoms with Gasteiger partial charge < -0.3 is 5.32 Å². The zero-order valence-electron chi connectivity index (χ0n) is 14.8. The first kappa shape index (κ1) is 17.0. The van der Waals surface area contributed by atoms with Gasteiger partial charge >= 0.3 is 0 Å². The molecule has 0 saturated carbocycles. The monoisotopic (exact) mass is 308 g/mol. The summed E-state index contributed by atoms with van der Waals surface area (Å²) in [5.74, 6) is 0.695. The smallest absolute Gasteiger partial charge is 0.0332 e. The largest absolute Gasteiger partial charge is 0.311 e. The van der Waals surface area contributed by atoms with Gasteiger partial charge in [0, 0.05) is 41.5 Å². The molecule has 2 unspecified atom stereocenters. The van der Waals surface area contributed by atoms with E-state index >= 15 is 0 Å². The van der Waals surface area contributed by atoms with Crippen LogP contribution >= 0.6 is 11.3 Å². The van der Waals surface area contributed by atoms with E-state index in [9.17, 15) is 0 Å². The van der Waals surface area contributed by atoms with Crippen LogP contribution in [0.3, 0.4) is 0 Å². The molecule has 1 aromatic heterocycles. The Morgan fingerprint density at radius 3 is 2.48 bits per heavy atom. The maximum atomic E-state index is 3.78. The molecule has 21 heavy (non-hydrogen) atoms. The summed E-state index contributed by atoms with van der Waals surface area (Å²) in [4.78, 5) is 5.70. The van der Waals surface area contributed by atoms with Crippen molar-refractivity contribution in [2.45, 2.75) is 67.1 Å². The fourth-order valence-electron chi connectivity index (χ4n) is 3.17. The van der Waals surface area contributed by atoms with Crippen molar-refractivity contribution < 1.29 is 0 Å². The summed E-state index contributed by atoms with van der Waals surface area (Å²) < 4.78 is 0. The van der Waals surface area contributed by atoms with Gasteiger partial charge in [-0.25, -0.2) is 0 Å². The van der Waals surface area contributed by atoms with Crippen molar-refractivity contribution in [3.8, 4) is 0 Å². The Hall–Kier alpha value is -0.380. The van der Waals surface area contributed by atoms with Crippen molar-refractivity contribution in [1.29, 1.82) is 0 Å². The van der Waals surface area contributed by atoms with Gasteiger partial charge in [-0.15, -0.1) is 11.3 Å². The minimum atomic E-state index is 0.321. The third kappa shape index (κ3) is 4.08. The van der Waals surface area contributed by atoms with Crippen molar-refractivity contribution in [3.05, 3.63) is 21.4 Å². The van der Waals surface area contributed by atoms with Crippen LogP contribution in [0.5, 0.6) is 0 Å². The number of hydrogen-bond acceptors (Lipinski definition) is 3. The van der Waals surface area contributed by atoms with E-state index in [2.05, 4.69) is 64.7 Å². The van der Waals surface area contributed by atoms with Crippen LogP contribution in [0.1, 0.15) is 49.9 Å². The zero-order chi connectivity index (χ0) is 15.8. The Bertz CT molecular complexity index is 451. The number of aryl methyl sites for hydroxylation is 2. The maximum absolute atomic E-state index is 3.78. The standard InChI is InChI=1S/C18H32N2S/c1-12(2)16-9-19-17(18(5,6)7)11-20(16)10-15-8-13(3)14(4)21-15/h8,12,16-17,19H,9-11H2,1-7H3. The molecule has 0 radical (unpaired) electrons. The van der Waals surface area contributed by atoms with E-state index in [0.29, 0.717) is 23.4 Å². The molecule has 0 bridgehead atoms. The number of nitrogens with zero attached hydrogens (tertiary/aromatic N) is 1. The highest BCUT2D eigenvalue weighted by Gasteiger charge is 2.35. The molecular formula is C18H32N2S. The molecule has 0 aromatic carbocycles. The van der Waals surface area contributed by atoms with Crippen LogP contribution in [0.2, 0.25) is 0 Å². The first-order chi connectivity index (χ1) is 9.68. The van der Waals surface area contributed by atoms with Gasteiger partial charge in [0.15, 0.2) is 0 Å². The summed E-state index contributed by atoms with van der Waals surface area (Å²) in [5, 5.41) is 3.78. The van der Waals surface area contributed by atoms with Gasteiger partial charge in [0.1, 0.15) is 0 Å². The second kappa shape index (κ2) is 6.39.